The Hall–Kier alpha value is -3.41. The van der Waals surface area contributed by atoms with Crippen LogP contribution in [0.4, 0.5) is 5.69 Å². The summed E-state index contributed by atoms with van der Waals surface area (Å²) in [4.78, 5) is 10.1. The summed E-state index contributed by atoms with van der Waals surface area (Å²) in [6.07, 6.45) is 1.08. The SMILES string of the molecule is Cc1ccc(S(=O)(=O)/C(C#N)=C/c2ccc(-c3ccc(Cl)cc3[N+](=O)[O-])o2)cc1. The Kier molecular flexibility index (Phi) is 5.55. The van der Waals surface area contributed by atoms with Crippen molar-refractivity contribution in [2.24, 2.45) is 0 Å². The molecule has 3 aromatic rings. The third-order valence-corrected chi connectivity index (χ3v) is 5.97. The van der Waals surface area contributed by atoms with Crippen LogP contribution in [0.2, 0.25) is 5.02 Å². The van der Waals surface area contributed by atoms with E-state index in [1.807, 2.05) is 6.92 Å². The molecule has 0 spiro atoms. The average Bonchev–Trinajstić information content (AvgIpc) is 3.14. The Morgan fingerprint density at radius 3 is 2.48 bits per heavy atom. The molecule has 0 fully saturated rings. The van der Waals surface area contributed by atoms with Crippen LogP contribution < -0.4 is 0 Å². The fraction of sp³-hybridized carbons (Fsp3) is 0.0500. The van der Waals surface area contributed by atoms with Gasteiger partial charge < -0.3 is 4.42 Å². The second-order valence-electron chi connectivity index (χ2n) is 6.06. The van der Waals surface area contributed by atoms with Crippen LogP contribution in [0.1, 0.15) is 11.3 Å². The van der Waals surface area contributed by atoms with Crippen molar-refractivity contribution >= 4 is 33.2 Å². The molecular formula is C20H13ClN2O5S. The topological polar surface area (TPSA) is 114 Å². The third kappa shape index (κ3) is 4.21. The van der Waals surface area contributed by atoms with Gasteiger partial charge >= 0.3 is 0 Å². The lowest BCUT2D eigenvalue weighted by Gasteiger charge is -2.03. The minimum atomic E-state index is -4.03. The van der Waals surface area contributed by atoms with Gasteiger partial charge in [0.2, 0.25) is 9.84 Å². The largest absolute Gasteiger partial charge is 0.456 e. The van der Waals surface area contributed by atoms with Crippen molar-refractivity contribution in [3.63, 3.8) is 0 Å². The number of sulfone groups is 1. The standard InChI is InChI=1S/C20H13ClN2O5S/c1-13-2-6-16(7-3-13)29(26,27)17(12-22)11-15-5-9-20(28-15)18-8-4-14(21)10-19(18)23(24)25/h2-11H,1H3/b17-11+. The summed E-state index contributed by atoms with van der Waals surface area (Å²) in [5.41, 5.74) is 0.806. The van der Waals surface area contributed by atoms with Crippen molar-refractivity contribution < 1.29 is 17.8 Å². The number of hydrogen-bond donors (Lipinski definition) is 0. The predicted molar refractivity (Wildman–Crippen MR) is 108 cm³/mol. The normalized spacial score (nSPS) is 11.8. The van der Waals surface area contributed by atoms with Crippen molar-refractivity contribution in [1.82, 2.24) is 0 Å². The van der Waals surface area contributed by atoms with E-state index in [0.717, 1.165) is 11.6 Å². The number of nitrogens with zero attached hydrogens (tertiary/aromatic N) is 2. The zero-order valence-electron chi connectivity index (χ0n) is 15.0. The molecule has 7 nitrogen and oxygen atoms in total. The molecule has 0 N–H and O–H groups in total. The number of benzene rings is 2. The third-order valence-electron chi connectivity index (χ3n) is 4.05. The van der Waals surface area contributed by atoms with Gasteiger partial charge in [0.1, 0.15) is 17.6 Å². The number of nitro groups is 1. The lowest BCUT2D eigenvalue weighted by Crippen LogP contribution is -2.03. The van der Waals surface area contributed by atoms with Crippen LogP contribution >= 0.6 is 11.6 Å². The Morgan fingerprint density at radius 1 is 1.17 bits per heavy atom. The molecule has 0 aliphatic rings. The van der Waals surface area contributed by atoms with Gasteiger partial charge in [-0.2, -0.15) is 5.26 Å². The molecule has 1 aromatic heterocycles. The van der Waals surface area contributed by atoms with Crippen LogP contribution in [0, 0.1) is 28.4 Å². The molecule has 29 heavy (non-hydrogen) atoms. The minimum Gasteiger partial charge on any atom is -0.456 e. The van der Waals surface area contributed by atoms with E-state index in [2.05, 4.69) is 0 Å². The van der Waals surface area contributed by atoms with Crippen LogP contribution in [-0.2, 0) is 9.84 Å². The second-order valence-corrected chi connectivity index (χ2v) is 8.41. The number of halogens is 1. The molecule has 3 rings (SSSR count). The van der Waals surface area contributed by atoms with Crippen molar-refractivity contribution in [2.75, 3.05) is 0 Å². The molecule has 0 amide bonds. The van der Waals surface area contributed by atoms with Crippen LogP contribution in [0.15, 0.2) is 68.8 Å². The summed E-state index contributed by atoms with van der Waals surface area (Å²) in [6.45, 7) is 1.82. The van der Waals surface area contributed by atoms with Crippen LogP contribution in [-0.4, -0.2) is 13.3 Å². The van der Waals surface area contributed by atoms with E-state index in [0.29, 0.717) is 0 Å². The number of furan rings is 1. The van der Waals surface area contributed by atoms with Crippen molar-refractivity contribution in [1.29, 1.82) is 5.26 Å². The van der Waals surface area contributed by atoms with Gasteiger partial charge in [-0.25, -0.2) is 8.42 Å². The highest BCUT2D eigenvalue weighted by Gasteiger charge is 2.22. The van der Waals surface area contributed by atoms with E-state index < -0.39 is 19.7 Å². The molecule has 146 valence electrons. The van der Waals surface area contributed by atoms with Gasteiger partial charge in [0.25, 0.3) is 5.69 Å². The monoisotopic (exact) mass is 428 g/mol. The molecule has 0 saturated heterocycles. The average molecular weight is 429 g/mol. The molecule has 0 aliphatic carbocycles. The summed E-state index contributed by atoms with van der Waals surface area (Å²) in [6, 6.07) is 14.8. The fourth-order valence-electron chi connectivity index (χ4n) is 2.58. The summed E-state index contributed by atoms with van der Waals surface area (Å²) in [5.74, 6) is 0.209. The molecule has 2 aromatic carbocycles. The number of allylic oxidation sites excluding steroid dienone is 1. The number of nitro benzene ring substituents is 1. The first-order valence-corrected chi connectivity index (χ1v) is 10.1. The Bertz CT molecular complexity index is 1270. The van der Waals surface area contributed by atoms with Crippen molar-refractivity contribution in [3.05, 3.63) is 86.0 Å². The van der Waals surface area contributed by atoms with Gasteiger partial charge in [-0.05, 0) is 43.3 Å². The van der Waals surface area contributed by atoms with E-state index in [4.69, 9.17) is 16.0 Å². The van der Waals surface area contributed by atoms with Gasteiger partial charge in [-0.3, -0.25) is 10.1 Å². The lowest BCUT2D eigenvalue weighted by molar-refractivity contribution is -0.384. The van der Waals surface area contributed by atoms with Crippen molar-refractivity contribution in [3.8, 4) is 17.4 Å². The molecule has 0 bridgehead atoms. The molecule has 1 heterocycles. The highest BCUT2D eigenvalue weighted by Crippen LogP contribution is 2.34. The Balaban J connectivity index is 2.02. The van der Waals surface area contributed by atoms with Gasteiger partial charge in [0, 0.05) is 17.2 Å². The molecule has 9 heteroatoms. The first-order chi connectivity index (χ1) is 13.7. The van der Waals surface area contributed by atoms with Gasteiger partial charge in [0.15, 0.2) is 4.91 Å². The first kappa shape index (κ1) is 20.3. The summed E-state index contributed by atoms with van der Waals surface area (Å²) < 4.78 is 30.9. The molecule has 0 unspecified atom stereocenters. The van der Waals surface area contributed by atoms with E-state index in [-0.39, 0.29) is 32.7 Å². The number of rotatable bonds is 5. The van der Waals surface area contributed by atoms with Gasteiger partial charge in [0.05, 0.1) is 15.4 Å². The van der Waals surface area contributed by atoms with Crippen LogP contribution in [0.3, 0.4) is 0 Å². The summed E-state index contributed by atoms with van der Waals surface area (Å²) in [7, 11) is -4.03. The first-order valence-electron chi connectivity index (χ1n) is 8.20. The molecule has 0 saturated carbocycles. The smallest absolute Gasteiger partial charge is 0.281 e. The second kappa shape index (κ2) is 7.91. The van der Waals surface area contributed by atoms with E-state index in [1.54, 1.807) is 18.2 Å². The van der Waals surface area contributed by atoms with Crippen molar-refractivity contribution in [2.45, 2.75) is 11.8 Å². The van der Waals surface area contributed by atoms with Gasteiger partial charge in [-0.15, -0.1) is 0 Å². The molecule has 0 atom stereocenters. The Morgan fingerprint density at radius 2 is 1.86 bits per heavy atom. The maximum absolute atomic E-state index is 12.7. The maximum Gasteiger partial charge on any atom is 0.281 e. The quantitative estimate of drug-likeness (QED) is 0.315. The number of aryl methyl sites for hydroxylation is 1. The molecule has 0 aliphatic heterocycles. The fourth-order valence-corrected chi connectivity index (χ4v) is 3.89. The van der Waals surface area contributed by atoms with E-state index in [9.17, 15) is 23.8 Å². The van der Waals surface area contributed by atoms with Gasteiger partial charge in [-0.1, -0.05) is 29.3 Å². The molecule has 0 radical (unpaired) electrons. The maximum atomic E-state index is 12.7. The van der Waals surface area contributed by atoms with E-state index in [1.165, 1.54) is 42.5 Å². The Labute approximate surface area is 171 Å². The molecular weight excluding hydrogens is 416 g/mol. The lowest BCUT2D eigenvalue weighted by atomic mass is 10.1. The summed E-state index contributed by atoms with van der Waals surface area (Å²) in [5, 5.41) is 20.8. The highest BCUT2D eigenvalue weighted by atomic mass is 35.5. The zero-order chi connectivity index (χ0) is 21.2. The zero-order valence-corrected chi connectivity index (χ0v) is 16.6. The number of nitriles is 1. The summed E-state index contributed by atoms with van der Waals surface area (Å²) >= 11 is 5.81. The predicted octanol–water partition coefficient (Wildman–Crippen LogP) is 5.16. The minimum absolute atomic E-state index is 0.0176. The van der Waals surface area contributed by atoms with Crippen LogP contribution in [0.25, 0.3) is 17.4 Å². The van der Waals surface area contributed by atoms with Crippen LogP contribution in [0.5, 0.6) is 0 Å². The van der Waals surface area contributed by atoms with E-state index >= 15 is 0 Å². The number of hydrogen-bond acceptors (Lipinski definition) is 6. The highest BCUT2D eigenvalue weighted by molar-refractivity contribution is 7.95.